The van der Waals surface area contributed by atoms with Crippen LogP contribution in [-0.4, -0.2) is 9.67 Å². The monoisotopic (exact) mass is 431 g/mol. The van der Waals surface area contributed by atoms with E-state index in [4.69, 9.17) is 0 Å². The smallest absolute Gasteiger partial charge is 0.310 e. The molecule has 1 heterocycles. The molecule has 0 atom stereocenters. The van der Waals surface area contributed by atoms with Crippen LogP contribution in [0.2, 0.25) is 0 Å². The highest BCUT2D eigenvalue weighted by molar-refractivity contribution is 7.07. The van der Waals surface area contributed by atoms with Crippen LogP contribution in [0.5, 0.6) is 5.88 Å². The fourth-order valence-electron chi connectivity index (χ4n) is 4.31. The van der Waals surface area contributed by atoms with Crippen LogP contribution in [0.1, 0.15) is 61.1 Å². The zero-order valence-corrected chi connectivity index (χ0v) is 19.6. The van der Waals surface area contributed by atoms with Crippen LogP contribution in [0.25, 0.3) is 5.57 Å². The van der Waals surface area contributed by atoms with Crippen molar-refractivity contribution >= 4 is 16.9 Å². The third kappa shape index (κ3) is 3.81. The molecule has 0 radical (unpaired) electrons. The molecule has 2 aromatic carbocycles. The Balaban J connectivity index is 1.67. The second kappa shape index (κ2) is 7.38. The molecule has 4 heteroatoms. The van der Waals surface area contributed by atoms with E-state index in [0.29, 0.717) is 6.54 Å². The Morgan fingerprint density at radius 3 is 2.16 bits per heavy atom. The molecule has 0 saturated heterocycles. The summed E-state index contributed by atoms with van der Waals surface area (Å²) in [6.45, 7) is 16.0. The highest BCUT2D eigenvalue weighted by atomic mass is 32.1. The van der Waals surface area contributed by atoms with Crippen molar-refractivity contribution in [2.45, 2.75) is 52.0 Å². The summed E-state index contributed by atoms with van der Waals surface area (Å²) in [4.78, 5) is 11.7. The maximum Gasteiger partial charge on any atom is 0.310 e. The topological polar surface area (TPSA) is 42.2 Å². The number of allylic oxidation sites excluding steroid dienone is 2. The molecule has 1 aromatic heterocycles. The number of fused-ring (bicyclic) bond motifs is 1. The van der Waals surface area contributed by atoms with Crippen LogP contribution in [0.4, 0.5) is 0 Å². The number of nitrogens with zero attached hydrogens (tertiary/aromatic N) is 1. The summed E-state index contributed by atoms with van der Waals surface area (Å²) in [6, 6.07) is 12.7. The third-order valence-electron chi connectivity index (χ3n) is 6.40. The molecule has 0 fully saturated rings. The van der Waals surface area contributed by atoms with Crippen molar-refractivity contribution in [3.8, 4) is 5.88 Å². The van der Waals surface area contributed by atoms with Crippen molar-refractivity contribution in [2.75, 3.05) is 0 Å². The molecule has 31 heavy (non-hydrogen) atoms. The van der Waals surface area contributed by atoms with Crippen molar-refractivity contribution in [1.29, 1.82) is 0 Å². The molecule has 4 rings (SSSR count). The molecule has 0 unspecified atom stereocenters. The molecule has 1 aliphatic rings. The molecule has 3 nitrogen and oxygen atoms in total. The zero-order chi connectivity index (χ0) is 22.6. The van der Waals surface area contributed by atoms with Crippen LogP contribution >= 0.6 is 11.3 Å². The Morgan fingerprint density at radius 2 is 1.61 bits per heavy atom. The van der Waals surface area contributed by atoms with Crippen molar-refractivity contribution < 1.29 is 5.11 Å². The minimum Gasteiger partial charge on any atom is -0.494 e. The van der Waals surface area contributed by atoms with Gasteiger partial charge >= 0.3 is 4.87 Å². The van der Waals surface area contributed by atoms with Crippen LogP contribution in [0.15, 0.2) is 65.3 Å². The fraction of sp³-hybridized carbons (Fsp3) is 0.296. The van der Waals surface area contributed by atoms with Crippen LogP contribution in [-0.2, 0) is 17.4 Å². The molecule has 1 aliphatic carbocycles. The number of aromatic hydroxyl groups is 1. The molecule has 160 valence electrons. The summed E-state index contributed by atoms with van der Waals surface area (Å²) in [5.41, 5.74) is 8.12. The lowest BCUT2D eigenvalue weighted by molar-refractivity contribution is 0.421. The van der Waals surface area contributed by atoms with Gasteiger partial charge in [-0.3, -0.25) is 9.36 Å². The van der Waals surface area contributed by atoms with E-state index in [-0.39, 0.29) is 21.6 Å². The standard InChI is InChI=1S/C27H29NO2S/c1-17-13-22-23(27(5,6)12-11-26(22,3)4)14-21(17)18(2)20-9-7-19(8-10-20)15-28-24(29)16-31-25(28)30/h7-14,16,29H,2,15H2,1,3-6H3. The first-order valence-electron chi connectivity index (χ1n) is 10.5. The van der Waals surface area contributed by atoms with Gasteiger partial charge in [0, 0.05) is 10.8 Å². The Morgan fingerprint density at radius 1 is 1.03 bits per heavy atom. The Hall–Kier alpha value is -2.85. The number of aryl methyl sites for hydroxylation is 1. The van der Waals surface area contributed by atoms with E-state index in [1.54, 1.807) is 0 Å². The fourth-order valence-corrected chi connectivity index (χ4v) is 4.93. The quantitative estimate of drug-likeness (QED) is 0.503. The van der Waals surface area contributed by atoms with E-state index in [9.17, 15) is 9.90 Å². The van der Waals surface area contributed by atoms with Crippen molar-refractivity contribution in [2.24, 2.45) is 0 Å². The van der Waals surface area contributed by atoms with E-state index in [1.807, 2.05) is 24.3 Å². The number of thiazole rings is 1. The molecular weight excluding hydrogens is 402 g/mol. The van der Waals surface area contributed by atoms with Gasteiger partial charge in [0.25, 0.3) is 0 Å². The average Bonchev–Trinajstić information content (AvgIpc) is 3.03. The first-order valence-corrected chi connectivity index (χ1v) is 11.4. The zero-order valence-electron chi connectivity index (χ0n) is 18.8. The van der Waals surface area contributed by atoms with E-state index in [0.717, 1.165) is 33.6 Å². The van der Waals surface area contributed by atoms with Gasteiger partial charge in [0.2, 0.25) is 5.88 Å². The van der Waals surface area contributed by atoms with E-state index in [1.165, 1.54) is 26.6 Å². The lowest BCUT2D eigenvalue weighted by Crippen LogP contribution is -2.29. The van der Waals surface area contributed by atoms with Gasteiger partial charge in [-0.05, 0) is 51.9 Å². The van der Waals surface area contributed by atoms with Crippen LogP contribution in [0.3, 0.4) is 0 Å². The van der Waals surface area contributed by atoms with Crippen molar-refractivity contribution in [3.05, 3.63) is 104 Å². The van der Waals surface area contributed by atoms with Gasteiger partial charge in [0.15, 0.2) is 0 Å². The second-order valence-electron chi connectivity index (χ2n) is 9.61. The minimum absolute atomic E-state index is 0.00718. The molecule has 0 saturated carbocycles. The van der Waals surface area contributed by atoms with Gasteiger partial charge in [0.05, 0.1) is 11.9 Å². The molecule has 3 aromatic rings. The maximum atomic E-state index is 11.9. The van der Waals surface area contributed by atoms with Gasteiger partial charge in [-0.2, -0.15) is 0 Å². The van der Waals surface area contributed by atoms with Gasteiger partial charge in [-0.1, -0.05) is 88.1 Å². The van der Waals surface area contributed by atoms with Gasteiger partial charge in [-0.15, -0.1) is 0 Å². The van der Waals surface area contributed by atoms with Gasteiger partial charge < -0.3 is 5.11 Å². The highest BCUT2D eigenvalue weighted by Crippen LogP contribution is 2.43. The first kappa shape index (κ1) is 21.4. The van der Waals surface area contributed by atoms with Crippen LogP contribution in [0, 0.1) is 6.92 Å². The van der Waals surface area contributed by atoms with E-state index >= 15 is 0 Å². The number of hydrogen-bond acceptors (Lipinski definition) is 3. The van der Waals surface area contributed by atoms with Crippen molar-refractivity contribution in [3.63, 3.8) is 0 Å². The normalized spacial score (nSPS) is 16.2. The Kier molecular flexibility index (Phi) is 5.09. The molecule has 1 N–H and O–H groups in total. The minimum atomic E-state index is -0.157. The summed E-state index contributed by atoms with van der Waals surface area (Å²) in [7, 11) is 0. The van der Waals surface area contributed by atoms with E-state index < -0.39 is 0 Å². The predicted molar refractivity (Wildman–Crippen MR) is 130 cm³/mol. The van der Waals surface area contributed by atoms with Gasteiger partial charge in [0.1, 0.15) is 0 Å². The molecule has 0 spiro atoms. The van der Waals surface area contributed by atoms with Crippen LogP contribution < -0.4 is 4.87 Å². The van der Waals surface area contributed by atoms with E-state index in [2.05, 4.69) is 65.5 Å². The lowest BCUT2D eigenvalue weighted by atomic mass is 9.67. The number of hydrogen-bond donors (Lipinski definition) is 1. The summed E-state index contributed by atoms with van der Waals surface area (Å²) in [5.74, 6) is 0.00718. The average molecular weight is 432 g/mol. The van der Waals surface area contributed by atoms with Crippen molar-refractivity contribution in [1.82, 2.24) is 4.57 Å². The maximum absolute atomic E-state index is 11.9. The summed E-state index contributed by atoms with van der Waals surface area (Å²) >= 11 is 1.01. The van der Waals surface area contributed by atoms with Gasteiger partial charge in [-0.25, -0.2) is 0 Å². The Labute approximate surface area is 188 Å². The molecule has 0 aliphatic heterocycles. The SMILES string of the molecule is C=C(c1ccc(Cn2c(O)csc2=O)cc1)c1cc2c(cc1C)C(C)(C)C=CC2(C)C. The molecule has 0 amide bonds. The first-order chi connectivity index (χ1) is 14.5. The summed E-state index contributed by atoms with van der Waals surface area (Å²) in [6.07, 6.45) is 4.63. The molecular formula is C27H29NO2S. The highest BCUT2D eigenvalue weighted by Gasteiger charge is 2.33. The lowest BCUT2D eigenvalue weighted by Gasteiger charge is -2.37. The predicted octanol–water partition coefficient (Wildman–Crippen LogP) is 6.16. The number of benzene rings is 2. The number of rotatable bonds is 4. The Bertz CT molecular complexity index is 1250. The third-order valence-corrected chi connectivity index (χ3v) is 7.15. The second-order valence-corrected chi connectivity index (χ2v) is 10.4. The molecule has 0 bridgehead atoms. The summed E-state index contributed by atoms with van der Waals surface area (Å²) in [5, 5.41) is 11.3. The number of aromatic nitrogens is 1. The largest absolute Gasteiger partial charge is 0.494 e. The summed E-state index contributed by atoms with van der Waals surface area (Å²) < 4.78 is 1.37.